The first-order valence-corrected chi connectivity index (χ1v) is 9.44. The van der Waals surface area contributed by atoms with E-state index in [2.05, 4.69) is 0 Å². The van der Waals surface area contributed by atoms with Crippen molar-refractivity contribution in [3.63, 3.8) is 0 Å². The van der Waals surface area contributed by atoms with Crippen molar-refractivity contribution in [2.75, 3.05) is 13.7 Å². The van der Waals surface area contributed by atoms with Crippen LogP contribution in [0.3, 0.4) is 0 Å². The molecule has 0 saturated heterocycles. The summed E-state index contributed by atoms with van der Waals surface area (Å²) in [5.74, 6) is -0.309. The van der Waals surface area contributed by atoms with Crippen LogP contribution in [0.4, 0.5) is 5.69 Å². The van der Waals surface area contributed by atoms with E-state index in [9.17, 15) is 25.0 Å². The lowest BCUT2D eigenvalue weighted by Crippen LogP contribution is -2.43. The second-order valence-corrected chi connectivity index (χ2v) is 6.77. The number of nitro benzene ring substituents is 1. The lowest BCUT2D eigenvalue weighted by Gasteiger charge is -2.26. The van der Waals surface area contributed by atoms with E-state index in [1.165, 1.54) is 32.2 Å². The summed E-state index contributed by atoms with van der Waals surface area (Å²) in [6.45, 7) is 3.54. The zero-order chi connectivity index (χ0) is 22.7. The molecule has 0 saturated carbocycles. The molecule has 0 bridgehead atoms. The molecule has 0 spiro atoms. The van der Waals surface area contributed by atoms with Crippen LogP contribution in [0.15, 0.2) is 51.5 Å². The molecule has 31 heavy (non-hydrogen) atoms. The van der Waals surface area contributed by atoms with Crippen LogP contribution in [0, 0.1) is 21.4 Å². The molecule has 1 aliphatic rings. The molecule has 0 unspecified atom stereocenters. The zero-order valence-electron chi connectivity index (χ0n) is 17.2. The predicted molar refractivity (Wildman–Crippen MR) is 111 cm³/mol. The molecule has 9 heteroatoms. The van der Waals surface area contributed by atoms with E-state index >= 15 is 0 Å². The van der Waals surface area contributed by atoms with Gasteiger partial charge in [0.25, 0.3) is 17.5 Å². The Balaban J connectivity index is 2.06. The van der Waals surface area contributed by atoms with Crippen molar-refractivity contribution in [1.82, 2.24) is 4.90 Å². The Labute approximate surface area is 178 Å². The van der Waals surface area contributed by atoms with Crippen LogP contribution in [-0.4, -0.2) is 35.3 Å². The highest BCUT2D eigenvalue weighted by Gasteiger charge is 2.35. The van der Waals surface area contributed by atoms with E-state index in [-0.39, 0.29) is 46.0 Å². The molecule has 158 valence electrons. The van der Waals surface area contributed by atoms with Gasteiger partial charge in [0.05, 0.1) is 23.7 Å². The molecule has 9 nitrogen and oxygen atoms in total. The Morgan fingerprint density at radius 1 is 1.26 bits per heavy atom. The SMILES string of the molecule is CCCN1C(=O)C(C#N)=C(C)/C(=C\c2ccc(-c3ccc(OC)cc3[N+](=O)[O-])o2)C1=O. The summed E-state index contributed by atoms with van der Waals surface area (Å²) in [5.41, 5.74) is 0.382. The third kappa shape index (κ3) is 3.96. The minimum absolute atomic E-state index is 0.100. The maximum absolute atomic E-state index is 12.8. The van der Waals surface area contributed by atoms with Gasteiger partial charge in [-0.3, -0.25) is 24.6 Å². The highest BCUT2D eigenvalue weighted by molar-refractivity contribution is 6.19. The molecule has 1 aromatic heterocycles. The molecule has 0 aliphatic carbocycles. The van der Waals surface area contributed by atoms with Crippen molar-refractivity contribution in [3.8, 4) is 23.1 Å². The lowest BCUT2D eigenvalue weighted by molar-refractivity contribution is -0.384. The topological polar surface area (TPSA) is 127 Å². The molecule has 0 atom stereocenters. The molecule has 0 N–H and O–H groups in total. The molecule has 2 aromatic rings. The average molecular weight is 421 g/mol. The molecular formula is C22H19N3O6. The van der Waals surface area contributed by atoms with Crippen LogP contribution in [-0.2, 0) is 9.59 Å². The third-order valence-corrected chi connectivity index (χ3v) is 4.85. The normalized spacial score (nSPS) is 15.4. The fourth-order valence-electron chi connectivity index (χ4n) is 3.27. The van der Waals surface area contributed by atoms with Crippen molar-refractivity contribution < 1.29 is 23.7 Å². The highest BCUT2D eigenvalue weighted by Crippen LogP contribution is 2.35. The fourth-order valence-corrected chi connectivity index (χ4v) is 3.27. The van der Waals surface area contributed by atoms with Gasteiger partial charge >= 0.3 is 0 Å². The van der Waals surface area contributed by atoms with Crippen molar-refractivity contribution in [1.29, 1.82) is 5.26 Å². The van der Waals surface area contributed by atoms with Crippen LogP contribution in [0.25, 0.3) is 17.4 Å². The maximum atomic E-state index is 12.8. The number of hydrogen-bond acceptors (Lipinski definition) is 7. The number of amides is 2. The van der Waals surface area contributed by atoms with E-state index < -0.39 is 16.7 Å². The average Bonchev–Trinajstić information content (AvgIpc) is 3.22. The number of imide groups is 1. The number of hydrogen-bond donors (Lipinski definition) is 0. The summed E-state index contributed by atoms with van der Waals surface area (Å²) in [7, 11) is 1.41. The van der Waals surface area contributed by atoms with Crippen molar-refractivity contribution in [2.45, 2.75) is 20.3 Å². The van der Waals surface area contributed by atoms with Gasteiger partial charge in [0.15, 0.2) is 0 Å². The number of carbonyl (C=O) groups is 2. The predicted octanol–water partition coefficient (Wildman–Crippen LogP) is 3.87. The minimum Gasteiger partial charge on any atom is -0.497 e. The first-order chi connectivity index (χ1) is 14.8. The molecule has 2 amide bonds. The monoisotopic (exact) mass is 421 g/mol. The van der Waals surface area contributed by atoms with Crippen molar-refractivity contribution in [3.05, 3.63) is 62.9 Å². The molecule has 2 heterocycles. The Kier molecular flexibility index (Phi) is 6.02. The van der Waals surface area contributed by atoms with E-state index in [1.54, 1.807) is 18.2 Å². The van der Waals surface area contributed by atoms with E-state index in [4.69, 9.17) is 9.15 Å². The Morgan fingerprint density at radius 2 is 2.00 bits per heavy atom. The smallest absolute Gasteiger partial charge is 0.284 e. The van der Waals surface area contributed by atoms with Crippen LogP contribution in [0.1, 0.15) is 26.0 Å². The van der Waals surface area contributed by atoms with Crippen molar-refractivity contribution >= 4 is 23.6 Å². The Bertz CT molecular complexity index is 1180. The number of carbonyl (C=O) groups excluding carboxylic acids is 2. The van der Waals surface area contributed by atoms with Gasteiger partial charge in [-0.15, -0.1) is 0 Å². The number of furan rings is 1. The standard InChI is InChI=1S/C22H19N3O6/c1-4-9-24-21(26)17(13(2)18(12-23)22(24)27)10-15-6-8-20(31-15)16-7-5-14(30-3)11-19(16)25(28)29/h5-8,10-11H,4,9H2,1-3H3/b17-10+. The van der Waals surface area contributed by atoms with Gasteiger partial charge < -0.3 is 9.15 Å². The first-order valence-electron chi connectivity index (χ1n) is 9.44. The van der Waals surface area contributed by atoms with Gasteiger partial charge in [0.2, 0.25) is 0 Å². The summed E-state index contributed by atoms with van der Waals surface area (Å²) in [6, 6.07) is 9.36. The largest absolute Gasteiger partial charge is 0.497 e. The molecule has 3 rings (SSSR count). The Hall–Kier alpha value is -4.19. The fraction of sp³-hybridized carbons (Fsp3) is 0.227. The van der Waals surface area contributed by atoms with Gasteiger partial charge in [-0.25, -0.2) is 0 Å². The number of nitro groups is 1. The third-order valence-electron chi connectivity index (χ3n) is 4.85. The summed E-state index contributed by atoms with van der Waals surface area (Å²) in [4.78, 5) is 37.2. The number of nitriles is 1. The van der Waals surface area contributed by atoms with E-state index in [0.717, 1.165) is 4.90 Å². The highest BCUT2D eigenvalue weighted by atomic mass is 16.6. The van der Waals surface area contributed by atoms with Gasteiger partial charge in [-0.2, -0.15) is 5.26 Å². The van der Waals surface area contributed by atoms with Gasteiger partial charge in [0.1, 0.15) is 28.9 Å². The molecule has 0 fully saturated rings. The summed E-state index contributed by atoms with van der Waals surface area (Å²) < 4.78 is 10.8. The maximum Gasteiger partial charge on any atom is 0.284 e. The number of nitrogens with zero attached hydrogens (tertiary/aromatic N) is 3. The number of methoxy groups -OCH3 is 1. The summed E-state index contributed by atoms with van der Waals surface area (Å²) in [6.07, 6.45) is 1.98. The molecule has 1 aliphatic heterocycles. The van der Waals surface area contributed by atoms with Crippen molar-refractivity contribution in [2.24, 2.45) is 0 Å². The zero-order valence-corrected chi connectivity index (χ0v) is 17.2. The van der Waals surface area contributed by atoms with Crippen LogP contribution in [0.5, 0.6) is 5.75 Å². The van der Waals surface area contributed by atoms with E-state index in [0.29, 0.717) is 12.2 Å². The second-order valence-electron chi connectivity index (χ2n) is 6.77. The van der Waals surface area contributed by atoms with Crippen LogP contribution < -0.4 is 4.74 Å². The molecular weight excluding hydrogens is 402 g/mol. The van der Waals surface area contributed by atoms with Crippen LogP contribution >= 0.6 is 0 Å². The second kappa shape index (κ2) is 8.67. The number of benzene rings is 1. The van der Waals surface area contributed by atoms with Gasteiger partial charge in [-0.05, 0) is 49.3 Å². The van der Waals surface area contributed by atoms with Crippen LogP contribution in [0.2, 0.25) is 0 Å². The summed E-state index contributed by atoms with van der Waals surface area (Å²) in [5, 5.41) is 20.8. The Morgan fingerprint density at radius 3 is 2.61 bits per heavy atom. The number of ether oxygens (including phenoxy) is 1. The van der Waals surface area contributed by atoms with Gasteiger partial charge in [-0.1, -0.05) is 6.92 Å². The van der Waals surface area contributed by atoms with E-state index in [1.807, 2.05) is 13.0 Å². The van der Waals surface area contributed by atoms with Gasteiger partial charge in [0, 0.05) is 12.1 Å². The lowest BCUT2D eigenvalue weighted by atomic mass is 9.94. The first kappa shape index (κ1) is 21.5. The quantitative estimate of drug-likeness (QED) is 0.300. The number of rotatable bonds is 6. The molecule has 1 aromatic carbocycles. The summed E-state index contributed by atoms with van der Waals surface area (Å²) >= 11 is 0. The molecule has 0 radical (unpaired) electrons. The minimum atomic E-state index is -0.613.